The lowest BCUT2D eigenvalue weighted by Gasteiger charge is -2.31. The van der Waals surface area contributed by atoms with Crippen LogP contribution in [0.25, 0.3) is 0 Å². The average molecular weight is 496 g/mol. The first kappa shape index (κ1) is 25.1. The van der Waals surface area contributed by atoms with Gasteiger partial charge in [-0.05, 0) is 63.1 Å². The molecule has 186 valence electrons. The molecule has 0 spiro atoms. The Kier molecular flexibility index (Phi) is 8.03. The molecule has 2 aromatic carbocycles. The molecule has 1 heterocycles. The van der Waals surface area contributed by atoms with Crippen LogP contribution in [0.1, 0.15) is 48.3 Å². The van der Waals surface area contributed by atoms with Gasteiger partial charge in [-0.1, -0.05) is 53.2 Å². The minimum atomic E-state index is -3.69. The van der Waals surface area contributed by atoms with Crippen molar-refractivity contribution in [2.24, 2.45) is 11.8 Å². The van der Waals surface area contributed by atoms with Crippen LogP contribution in [-0.4, -0.2) is 30.3 Å². The number of hydrogen-bond donors (Lipinski definition) is 1. The van der Waals surface area contributed by atoms with E-state index in [1.807, 2.05) is 31.2 Å². The molecule has 35 heavy (non-hydrogen) atoms. The lowest BCUT2D eigenvalue weighted by Crippen LogP contribution is -2.38. The maximum atomic E-state index is 13.4. The lowest BCUT2D eigenvalue weighted by molar-refractivity contribution is -0.126. The molecule has 1 aromatic heterocycles. The Labute approximate surface area is 207 Å². The van der Waals surface area contributed by atoms with Crippen molar-refractivity contribution in [2.75, 3.05) is 6.54 Å². The van der Waals surface area contributed by atoms with Crippen molar-refractivity contribution in [2.45, 2.75) is 57.5 Å². The monoisotopic (exact) mass is 495 g/mol. The Hall–Kier alpha value is -2.97. The number of nitrogens with one attached hydrogen (secondary N) is 1. The second-order valence-electron chi connectivity index (χ2n) is 9.46. The van der Waals surface area contributed by atoms with Crippen molar-refractivity contribution in [1.29, 1.82) is 0 Å². The predicted molar refractivity (Wildman–Crippen MR) is 134 cm³/mol. The van der Waals surface area contributed by atoms with Crippen LogP contribution in [0.5, 0.6) is 0 Å². The van der Waals surface area contributed by atoms with E-state index in [2.05, 4.69) is 10.5 Å². The van der Waals surface area contributed by atoms with E-state index in [0.29, 0.717) is 24.5 Å². The van der Waals surface area contributed by atoms with Crippen LogP contribution in [-0.2, 0) is 27.9 Å². The summed E-state index contributed by atoms with van der Waals surface area (Å²) in [4.78, 5) is 13.0. The molecule has 4 rings (SSSR count). The third-order valence-electron chi connectivity index (χ3n) is 6.66. The number of carbonyl (C=O) groups is 1. The SMILES string of the molecule is Cc1ccc(CNC(=O)C2CCC(CN(Cc3cc(C)on3)S(=O)(=O)c3ccccc3)CC2)cc1. The quantitative estimate of drug-likeness (QED) is 0.468. The van der Waals surface area contributed by atoms with Gasteiger partial charge in [0.05, 0.1) is 17.1 Å². The maximum Gasteiger partial charge on any atom is 0.243 e. The van der Waals surface area contributed by atoms with Crippen molar-refractivity contribution < 1.29 is 17.7 Å². The predicted octanol–water partition coefficient (Wildman–Crippen LogP) is 4.61. The Morgan fingerprint density at radius 3 is 2.34 bits per heavy atom. The molecule has 0 saturated heterocycles. The Balaban J connectivity index is 1.36. The second kappa shape index (κ2) is 11.2. The zero-order chi connectivity index (χ0) is 24.8. The zero-order valence-electron chi connectivity index (χ0n) is 20.3. The van der Waals surface area contributed by atoms with Gasteiger partial charge in [0.1, 0.15) is 5.76 Å². The van der Waals surface area contributed by atoms with Crippen LogP contribution in [0.3, 0.4) is 0 Å². The van der Waals surface area contributed by atoms with E-state index >= 15 is 0 Å². The zero-order valence-corrected chi connectivity index (χ0v) is 21.1. The molecule has 1 saturated carbocycles. The molecule has 1 N–H and O–H groups in total. The standard InChI is InChI=1S/C27H33N3O4S/c1-20-8-10-22(11-9-20)17-28-27(31)24-14-12-23(13-15-24)18-30(19-25-16-21(2)34-29-25)35(32,33)26-6-4-3-5-7-26/h3-11,16,23-24H,12-15,17-19H2,1-2H3,(H,28,31). The number of rotatable bonds is 9. The van der Waals surface area contributed by atoms with E-state index in [-0.39, 0.29) is 29.2 Å². The number of amides is 1. The molecule has 1 fully saturated rings. The molecule has 8 heteroatoms. The fraction of sp³-hybridized carbons (Fsp3) is 0.407. The van der Waals surface area contributed by atoms with E-state index in [1.165, 1.54) is 9.87 Å². The average Bonchev–Trinajstić information content (AvgIpc) is 3.28. The van der Waals surface area contributed by atoms with Gasteiger partial charge < -0.3 is 9.84 Å². The van der Waals surface area contributed by atoms with Crippen molar-refractivity contribution in [1.82, 2.24) is 14.8 Å². The highest BCUT2D eigenvalue weighted by molar-refractivity contribution is 7.89. The van der Waals surface area contributed by atoms with E-state index in [4.69, 9.17) is 4.52 Å². The fourth-order valence-electron chi connectivity index (χ4n) is 4.60. The summed E-state index contributed by atoms with van der Waals surface area (Å²) in [5.41, 5.74) is 2.87. The van der Waals surface area contributed by atoms with Gasteiger partial charge in [-0.2, -0.15) is 4.31 Å². The summed E-state index contributed by atoms with van der Waals surface area (Å²) in [5.74, 6) is 0.877. The Morgan fingerprint density at radius 2 is 1.71 bits per heavy atom. The van der Waals surface area contributed by atoms with Gasteiger partial charge in [0, 0.05) is 25.1 Å². The molecule has 0 aliphatic heterocycles. The minimum Gasteiger partial charge on any atom is -0.361 e. The number of aryl methyl sites for hydroxylation is 2. The molecule has 1 aliphatic carbocycles. The summed E-state index contributed by atoms with van der Waals surface area (Å²) in [6.45, 7) is 4.91. The summed E-state index contributed by atoms with van der Waals surface area (Å²) in [6, 6.07) is 18.4. The number of benzene rings is 2. The van der Waals surface area contributed by atoms with Gasteiger partial charge in [-0.15, -0.1) is 0 Å². The maximum absolute atomic E-state index is 13.4. The first-order valence-corrected chi connectivity index (χ1v) is 13.6. The van der Waals surface area contributed by atoms with Gasteiger partial charge in [0.2, 0.25) is 15.9 Å². The third kappa shape index (κ3) is 6.58. The lowest BCUT2D eigenvalue weighted by atomic mass is 9.81. The summed E-state index contributed by atoms with van der Waals surface area (Å²) in [7, 11) is -3.69. The van der Waals surface area contributed by atoms with Crippen LogP contribution in [0.4, 0.5) is 0 Å². The molecule has 0 bridgehead atoms. The van der Waals surface area contributed by atoms with Crippen molar-refractivity contribution in [3.05, 3.63) is 83.2 Å². The molecule has 1 aliphatic rings. The topological polar surface area (TPSA) is 92.5 Å². The largest absolute Gasteiger partial charge is 0.361 e. The number of carbonyl (C=O) groups excluding carboxylic acids is 1. The van der Waals surface area contributed by atoms with Crippen LogP contribution in [0.15, 0.2) is 70.1 Å². The summed E-state index contributed by atoms with van der Waals surface area (Å²) < 4.78 is 33.5. The van der Waals surface area contributed by atoms with Gasteiger partial charge in [0.25, 0.3) is 0 Å². The highest BCUT2D eigenvalue weighted by Crippen LogP contribution is 2.31. The van der Waals surface area contributed by atoms with Gasteiger partial charge in [-0.3, -0.25) is 4.79 Å². The van der Waals surface area contributed by atoms with Crippen molar-refractivity contribution >= 4 is 15.9 Å². The van der Waals surface area contributed by atoms with Crippen LogP contribution < -0.4 is 5.32 Å². The molecule has 7 nitrogen and oxygen atoms in total. The van der Waals surface area contributed by atoms with E-state index < -0.39 is 10.0 Å². The van der Waals surface area contributed by atoms with Crippen LogP contribution in [0, 0.1) is 25.7 Å². The number of sulfonamides is 1. The van der Waals surface area contributed by atoms with E-state index in [9.17, 15) is 13.2 Å². The van der Waals surface area contributed by atoms with Crippen LogP contribution >= 0.6 is 0 Å². The highest BCUT2D eigenvalue weighted by Gasteiger charge is 2.32. The molecule has 3 aromatic rings. The summed E-state index contributed by atoms with van der Waals surface area (Å²) >= 11 is 0. The van der Waals surface area contributed by atoms with Crippen molar-refractivity contribution in [3.8, 4) is 0 Å². The second-order valence-corrected chi connectivity index (χ2v) is 11.4. The minimum absolute atomic E-state index is 0.0333. The normalized spacial score (nSPS) is 18.5. The molecular weight excluding hydrogens is 462 g/mol. The number of nitrogens with zero attached hydrogens (tertiary/aromatic N) is 2. The first-order valence-electron chi connectivity index (χ1n) is 12.1. The number of aromatic nitrogens is 1. The van der Waals surface area contributed by atoms with E-state index in [0.717, 1.165) is 31.2 Å². The molecule has 0 atom stereocenters. The van der Waals surface area contributed by atoms with Gasteiger partial charge in [0.15, 0.2) is 0 Å². The van der Waals surface area contributed by atoms with E-state index in [1.54, 1.807) is 43.3 Å². The summed E-state index contributed by atoms with van der Waals surface area (Å²) in [5, 5.41) is 7.07. The molecule has 1 amide bonds. The smallest absolute Gasteiger partial charge is 0.243 e. The number of hydrogen-bond acceptors (Lipinski definition) is 5. The van der Waals surface area contributed by atoms with Gasteiger partial charge in [-0.25, -0.2) is 8.42 Å². The third-order valence-corrected chi connectivity index (χ3v) is 8.49. The fourth-order valence-corrected chi connectivity index (χ4v) is 6.11. The molecule has 0 radical (unpaired) electrons. The summed E-state index contributed by atoms with van der Waals surface area (Å²) in [6.07, 6.45) is 3.13. The molecule has 0 unspecified atom stereocenters. The highest BCUT2D eigenvalue weighted by atomic mass is 32.2. The Bertz CT molecular complexity index is 1210. The Morgan fingerprint density at radius 1 is 1.03 bits per heavy atom. The van der Waals surface area contributed by atoms with Gasteiger partial charge >= 0.3 is 0 Å². The van der Waals surface area contributed by atoms with Crippen molar-refractivity contribution in [3.63, 3.8) is 0 Å². The molecular formula is C27H33N3O4S. The van der Waals surface area contributed by atoms with Crippen LogP contribution in [0.2, 0.25) is 0 Å². The first-order chi connectivity index (χ1) is 16.8.